The van der Waals surface area contributed by atoms with Crippen molar-refractivity contribution in [3.8, 4) is 16.9 Å². The maximum Gasteiger partial charge on any atom is 0.433 e. The lowest BCUT2D eigenvalue weighted by Gasteiger charge is -2.12. The summed E-state index contributed by atoms with van der Waals surface area (Å²) < 4.78 is 47.9. The summed E-state index contributed by atoms with van der Waals surface area (Å²) in [7, 11) is 0. The fraction of sp³-hybridized carbons (Fsp3) is 0.0769. The van der Waals surface area contributed by atoms with E-state index in [0.717, 1.165) is 6.07 Å². The molecule has 0 aliphatic heterocycles. The predicted molar refractivity (Wildman–Crippen MR) is 141 cm³/mol. The average Bonchev–Trinajstić information content (AvgIpc) is 3.53. The first-order valence-electron chi connectivity index (χ1n) is 11.2. The standard InChI is InChI=1S/C26H17ClF3N5O3S/c27-16-8-4-5-9-18(16)38-13-35-11-10-17(34-35)24(37)33-21-20-15(14-6-2-1-3-7-14)12-19(26(28,29)30)32-25(20)39-22(21)23(31)36/h1-12H,13H2,(H2,31,36)(H,33,37). The van der Waals surface area contributed by atoms with Crippen LogP contribution >= 0.6 is 22.9 Å². The molecule has 0 spiro atoms. The minimum atomic E-state index is -4.74. The van der Waals surface area contributed by atoms with E-state index >= 15 is 0 Å². The highest BCUT2D eigenvalue weighted by Gasteiger charge is 2.35. The van der Waals surface area contributed by atoms with Gasteiger partial charge in [0.05, 0.1) is 10.7 Å². The van der Waals surface area contributed by atoms with Crippen LogP contribution in [-0.2, 0) is 12.9 Å². The Balaban J connectivity index is 1.52. The number of amides is 2. The molecule has 0 fully saturated rings. The number of hydrogen-bond donors (Lipinski definition) is 2. The Morgan fingerprint density at radius 3 is 2.49 bits per heavy atom. The van der Waals surface area contributed by atoms with Gasteiger partial charge >= 0.3 is 6.18 Å². The molecule has 2 aromatic carbocycles. The molecule has 0 atom stereocenters. The number of pyridine rings is 1. The van der Waals surface area contributed by atoms with Crippen molar-refractivity contribution >= 4 is 50.7 Å². The maximum absolute atomic E-state index is 13.7. The molecule has 2 amide bonds. The van der Waals surface area contributed by atoms with Gasteiger partial charge in [-0.05, 0) is 35.4 Å². The third kappa shape index (κ3) is 5.42. The van der Waals surface area contributed by atoms with Crippen molar-refractivity contribution in [2.75, 3.05) is 5.32 Å². The lowest BCUT2D eigenvalue weighted by atomic mass is 10.0. The Morgan fingerprint density at radius 1 is 1.08 bits per heavy atom. The molecule has 0 saturated carbocycles. The van der Waals surface area contributed by atoms with Gasteiger partial charge in [-0.25, -0.2) is 9.67 Å². The van der Waals surface area contributed by atoms with Gasteiger partial charge in [0, 0.05) is 11.6 Å². The smallest absolute Gasteiger partial charge is 0.433 e. The minimum Gasteiger partial charge on any atom is -0.470 e. The Morgan fingerprint density at radius 2 is 1.79 bits per heavy atom. The number of rotatable bonds is 7. The molecule has 0 unspecified atom stereocenters. The van der Waals surface area contributed by atoms with Gasteiger partial charge in [-0.15, -0.1) is 11.3 Å². The Kier molecular flexibility index (Phi) is 6.98. The van der Waals surface area contributed by atoms with Crippen LogP contribution in [0, 0.1) is 0 Å². The summed E-state index contributed by atoms with van der Waals surface area (Å²) in [5.74, 6) is -1.22. The molecular weight excluding hydrogens is 555 g/mol. The number of hydrogen-bond acceptors (Lipinski definition) is 6. The highest BCUT2D eigenvalue weighted by Crippen LogP contribution is 2.43. The molecule has 13 heteroatoms. The number of fused-ring (bicyclic) bond motifs is 1. The lowest BCUT2D eigenvalue weighted by Crippen LogP contribution is -2.18. The number of carbonyl (C=O) groups excluding carboxylic acids is 2. The van der Waals surface area contributed by atoms with Crippen molar-refractivity contribution in [1.29, 1.82) is 0 Å². The van der Waals surface area contributed by atoms with Crippen LogP contribution < -0.4 is 15.8 Å². The van der Waals surface area contributed by atoms with Crippen LogP contribution in [0.2, 0.25) is 5.02 Å². The number of alkyl halides is 3. The highest BCUT2D eigenvalue weighted by atomic mass is 35.5. The third-order valence-electron chi connectivity index (χ3n) is 5.56. The molecule has 0 saturated heterocycles. The molecule has 5 rings (SSSR count). The second kappa shape index (κ2) is 10.4. The van der Waals surface area contributed by atoms with E-state index in [1.807, 2.05) is 0 Å². The van der Waals surface area contributed by atoms with Crippen molar-refractivity contribution in [2.45, 2.75) is 12.9 Å². The first kappa shape index (κ1) is 26.2. The van der Waals surface area contributed by atoms with Gasteiger partial charge in [0.15, 0.2) is 12.4 Å². The van der Waals surface area contributed by atoms with Gasteiger partial charge in [0.25, 0.3) is 11.8 Å². The second-order valence-electron chi connectivity index (χ2n) is 8.17. The van der Waals surface area contributed by atoms with E-state index in [9.17, 15) is 22.8 Å². The number of nitrogens with one attached hydrogen (secondary N) is 1. The molecule has 0 aliphatic carbocycles. The van der Waals surface area contributed by atoms with E-state index in [1.165, 1.54) is 16.9 Å². The van der Waals surface area contributed by atoms with Crippen LogP contribution in [0.5, 0.6) is 5.75 Å². The summed E-state index contributed by atoms with van der Waals surface area (Å²) in [6, 6.07) is 17.4. The number of benzene rings is 2. The molecule has 0 radical (unpaired) electrons. The number of aromatic nitrogens is 3. The van der Waals surface area contributed by atoms with E-state index in [-0.39, 0.29) is 38.8 Å². The van der Waals surface area contributed by atoms with Gasteiger partial charge in [-0.3, -0.25) is 9.59 Å². The third-order valence-corrected chi connectivity index (χ3v) is 6.97. The number of anilines is 1. The molecular formula is C26H17ClF3N5O3S. The van der Waals surface area contributed by atoms with Crippen LogP contribution in [0.25, 0.3) is 21.3 Å². The summed E-state index contributed by atoms with van der Waals surface area (Å²) in [4.78, 5) is 28.9. The van der Waals surface area contributed by atoms with Gasteiger partial charge in [0.1, 0.15) is 21.2 Å². The summed E-state index contributed by atoms with van der Waals surface area (Å²) in [6.45, 7) is -0.0484. The second-order valence-corrected chi connectivity index (χ2v) is 9.57. The summed E-state index contributed by atoms with van der Waals surface area (Å²) in [5.41, 5.74) is 4.88. The molecule has 3 aromatic heterocycles. The summed E-state index contributed by atoms with van der Waals surface area (Å²) >= 11 is 6.74. The molecule has 0 bridgehead atoms. The van der Waals surface area contributed by atoms with Gasteiger partial charge in [-0.1, -0.05) is 54.1 Å². The Hall–Kier alpha value is -4.42. The number of nitrogens with zero attached hydrogens (tertiary/aromatic N) is 3. The monoisotopic (exact) mass is 571 g/mol. The maximum atomic E-state index is 13.7. The van der Waals surface area contributed by atoms with Gasteiger partial charge < -0.3 is 15.8 Å². The lowest BCUT2D eigenvalue weighted by molar-refractivity contribution is -0.140. The number of primary amides is 1. The van der Waals surface area contributed by atoms with E-state index in [4.69, 9.17) is 22.1 Å². The van der Waals surface area contributed by atoms with Gasteiger partial charge in [0.2, 0.25) is 0 Å². The number of ether oxygens (including phenoxy) is 1. The average molecular weight is 572 g/mol. The zero-order valence-electron chi connectivity index (χ0n) is 19.7. The fourth-order valence-electron chi connectivity index (χ4n) is 3.81. The van der Waals surface area contributed by atoms with Crippen LogP contribution in [0.4, 0.5) is 18.9 Å². The highest BCUT2D eigenvalue weighted by molar-refractivity contribution is 7.21. The first-order chi connectivity index (χ1) is 18.6. The largest absolute Gasteiger partial charge is 0.470 e. The van der Waals surface area contributed by atoms with Gasteiger partial charge in [-0.2, -0.15) is 18.3 Å². The minimum absolute atomic E-state index is 0.0336. The molecule has 198 valence electrons. The van der Waals surface area contributed by atoms with Crippen molar-refractivity contribution in [3.05, 3.63) is 94.2 Å². The van der Waals surface area contributed by atoms with E-state index in [0.29, 0.717) is 27.7 Å². The number of para-hydroxylation sites is 1. The fourth-order valence-corrected chi connectivity index (χ4v) is 5.01. The van der Waals surface area contributed by atoms with E-state index < -0.39 is 23.7 Å². The van der Waals surface area contributed by atoms with Crippen LogP contribution in [-0.4, -0.2) is 26.6 Å². The summed E-state index contributed by atoms with van der Waals surface area (Å²) in [5, 5.41) is 7.34. The predicted octanol–water partition coefficient (Wildman–Crippen LogP) is 6.22. The zero-order chi connectivity index (χ0) is 27.7. The number of halogens is 4. The van der Waals surface area contributed by atoms with Crippen LogP contribution in [0.1, 0.15) is 25.9 Å². The number of carbonyl (C=O) groups is 2. The molecule has 3 heterocycles. The summed E-state index contributed by atoms with van der Waals surface area (Å²) in [6.07, 6.45) is -3.24. The molecule has 8 nitrogen and oxygen atoms in total. The molecule has 3 N–H and O–H groups in total. The zero-order valence-corrected chi connectivity index (χ0v) is 21.3. The van der Waals surface area contributed by atoms with Crippen molar-refractivity contribution < 1.29 is 27.5 Å². The topological polar surface area (TPSA) is 112 Å². The first-order valence-corrected chi connectivity index (χ1v) is 12.4. The van der Waals surface area contributed by atoms with E-state index in [1.54, 1.807) is 54.6 Å². The Bertz CT molecular complexity index is 1700. The quantitative estimate of drug-likeness (QED) is 0.241. The van der Waals surface area contributed by atoms with Crippen molar-refractivity contribution in [1.82, 2.24) is 14.8 Å². The molecule has 5 aromatic rings. The van der Waals surface area contributed by atoms with E-state index in [2.05, 4.69) is 15.4 Å². The van der Waals surface area contributed by atoms with Crippen molar-refractivity contribution in [2.24, 2.45) is 5.73 Å². The normalized spacial score (nSPS) is 11.5. The van der Waals surface area contributed by atoms with Crippen LogP contribution in [0.15, 0.2) is 72.9 Å². The van der Waals surface area contributed by atoms with Crippen LogP contribution in [0.3, 0.4) is 0 Å². The van der Waals surface area contributed by atoms with Crippen molar-refractivity contribution in [3.63, 3.8) is 0 Å². The molecule has 0 aliphatic rings. The Labute approximate surface area is 227 Å². The number of thiophene rings is 1. The number of nitrogens with two attached hydrogens (primary N) is 1. The SMILES string of the molecule is NC(=O)c1sc2nc(C(F)(F)F)cc(-c3ccccc3)c2c1NC(=O)c1ccn(COc2ccccc2Cl)n1. The molecule has 39 heavy (non-hydrogen) atoms.